The number of carbonyl (C=O) groups is 1. The molecule has 0 spiro atoms. The second kappa shape index (κ2) is 14.0. The molecule has 10 heteroatoms. The van der Waals surface area contributed by atoms with E-state index in [0.717, 1.165) is 70.4 Å². The zero-order valence-electron chi connectivity index (χ0n) is 20.8. The van der Waals surface area contributed by atoms with E-state index >= 15 is 0 Å². The normalized spacial score (nSPS) is 14.5. The highest BCUT2D eigenvalue weighted by atomic mass is 35.5. The van der Waals surface area contributed by atoms with E-state index in [1.54, 1.807) is 36.4 Å². The summed E-state index contributed by atoms with van der Waals surface area (Å²) in [4.78, 5) is 25.5. The molecule has 0 bridgehead atoms. The number of benzene rings is 2. The second-order valence-corrected chi connectivity index (χ2v) is 9.64. The molecule has 36 heavy (non-hydrogen) atoms. The van der Waals surface area contributed by atoms with Crippen molar-refractivity contribution < 1.29 is 14.5 Å². The molecule has 0 aromatic heterocycles. The predicted octanol–water partition coefficient (Wildman–Crippen LogP) is 4.24. The molecule has 1 aliphatic rings. The van der Waals surface area contributed by atoms with Gasteiger partial charge in [-0.05, 0) is 69.4 Å². The maximum Gasteiger partial charge on any atom is 0.269 e. The topological polar surface area (TPSA) is 123 Å². The first-order valence-electron chi connectivity index (χ1n) is 12.4. The quantitative estimate of drug-likeness (QED) is 0.157. The summed E-state index contributed by atoms with van der Waals surface area (Å²) < 4.78 is 5.28. The van der Waals surface area contributed by atoms with Crippen LogP contribution in [0.4, 0.5) is 11.4 Å². The molecule has 3 rings (SSSR count). The van der Waals surface area contributed by atoms with Gasteiger partial charge in [-0.25, -0.2) is 0 Å². The van der Waals surface area contributed by atoms with Gasteiger partial charge in [0.2, 0.25) is 0 Å². The number of non-ortho nitro benzene ring substituents is 1. The van der Waals surface area contributed by atoms with Crippen molar-refractivity contribution in [3.8, 4) is 5.75 Å². The van der Waals surface area contributed by atoms with Crippen molar-refractivity contribution >= 4 is 28.9 Å². The van der Waals surface area contributed by atoms with Gasteiger partial charge in [-0.2, -0.15) is 0 Å². The number of likely N-dealkylation sites (tertiary alicyclic amines) is 1. The van der Waals surface area contributed by atoms with E-state index in [2.05, 4.69) is 15.5 Å². The Kier molecular flexibility index (Phi) is 10.8. The van der Waals surface area contributed by atoms with Gasteiger partial charge in [-0.3, -0.25) is 14.9 Å². The number of nitro benzene ring substituents is 1. The standard InChI is InChI=1S/C26H36ClN5O4/c1-36-25-16-24(28)23(27)15-22(25)26(33)30-18-20-9-13-31(14-10-20)12-4-2-3-11-29-17-19-5-7-21(8-6-19)32(34)35/h5-8,15-16,20,29H,2-4,9-14,17-18,28H2,1H3,(H,30,33). The number of anilines is 1. The number of piperidine rings is 1. The Morgan fingerprint density at radius 3 is 2.58 bits per heavy atom. The molecule has 0 saturated carbocycles. The van der Waals surface area contributed by atoms with Crippen molar-refractivity contribution in [2.75, 3.05) is 45.6 Å². The molecule has 196 valence electrons. The minimum atomic E-state index is -0.380. The number of rotatable bonds is 13. The highest BCUT2D eigenvalue weighted by molar-refractivity contribution is 6.33. The fourth-order valence-corrected chi connectivity index (χ4v) is 4.56. The lowest BCUT2D eigenvalue weighted by atomic mass is 9.96. The number of nitrogens with one attached hydrogen (secondary N) is 2. The van der Waals surface area contributed by atoms with E-state index in [0.29, 0.717) is 34.5 Å². The van der Waals surface area contributed by atoms with E-state index in [-0.39, 0.29) is 16.5 Å². The summed E-state index contributed by atoms with van der Waals surface area (Å²) in [6.07, 6.45) is 5.56. The first-order chi connectivity index (χ1) is 17.4. The SMILES string of the molecule is COc1cc(N)c(Cl)cc1C(=O)NCC1CCN(CCCCCNCc2ccc([N+](=O)[O-])cc2)CC1. The van der Waals surface area contributed by atoms with Crippen molar-refractivity contribution in [1.82, 2.24) is 15.5 Å². The molecule has 9 nitrogen and oxygen atoms in total. The Balaban J connectivity index is 1.25. The largest absolute Gasteiger partial charge is 0.496 e. The van der Waals surface area contributed by atoms with Gasteiger partial charge in [-0.1, -0.05) is 30.2 Å². The number of nitrogens with zero attached hydrogens (tertiary/aromatic N) is 2. The van der Waals surface area contributed by atoms with E-state index in [1.807, 2.05) is 0 Å². The first kappa shape index (κ1) is 27.7. The molecule has 2 aromatic rings. The summed E-state index contributed by atoms with van der Waals surface area (Å²) in [7, 11) is 1.51. The fraction of sp³-hybridized carbons (Fsp3) is 0.500. The van der Waals surface area contributed by atoms with Crippen LogP contribution in [0.5, 0.6) is 5.75 Å². The molecular weight excluding hydrogens is 482 g/mol. The molecule has 4 N–H and O–H groups in total. The van der Waals surface area contributed by atoms with Gasteiger partial charge in [0, 0.05) is 31.3 Å². The maximum absolute atomic E-state index is 12.6. The molecule has 0 radical (unpaired) electrons. The molecule has 1 fully saturated rings. The average Bonchev–Trinajstić information content (AvgIpc) is 2.89. The third kappa shape index (κ3) is 8.36. The number of nitrogens with two attached hydrogens (primary N) is 1. The van der Waals surface area contributed by atoms with Crippen LogP contribution in [-0.2, 0) is 6.54 Å². The van der Waals surface area contributed by atoms with Gasteiger partial charge in [0.05, 0.1) is 28.3 Å². The molecule has 0 aliphatic carbocycles. The van der Waals surface area contributed by atoms with Crippen LogP contribution in [0, 0.1) is 16.0 Å². The first-order valence-corrected chi connectivity index (χ1v) is 12.8. The summed E-state index contributed by atoms with van der Waals surface area (Å²) in [5.74, 6) is 0.688. The van der Waals surface area contributed by atoms with Gasteiger partial charge in [-0.15, -0.1) is 0 Å². The maximum atomic E-state index is 12.6. The van der Waals surface area contributed by atoms with E-state index in [9.17, 15) is 14.9 Å². The van der Waals surface area contributed by atoms with E-state index < -0.39 is 0 Å². The summed E-state index contributed by atoms with van der Waals surface area (Å²) in [6, 6.07) is 9.81. The number of halogens is 1. The Labute approximate surface area is 217 Å². The van der Waals surface area contributed by atoms with Crippen LogP contribution in [0.15, 0.2) is 36.4 Å². The Morgan fingerprint density at radius 1 is 1.19 bits per heavy atom. The smallest absolute Gasteiger partial charge is 0.269 e. The number of nitro groups is 1. The lowest BCUT2D eigenvalue weighted by Crippen LogP contribution is -2.39. The minimum absolute atomic E-state index is 0.122. The second-order valence-electron chi connectivity index (χ2n) is 9.23. The zero-order chi connectivity index (χ0) is 25.9. The van der Waals surface area contributed by atoms with Crippen molar-refractivity contribution in [3.63, 3.8) is 0 Å². The van der Waals surface area contributed by atoms with E-state index in [1.165, 1.54) is 7.11 Å². The van der Waals surface area contributed by atoms with Crippen molar-refractivity contribution in [3.05, 3.63) is 62.7 Å². The molecule has 0 unspecified atom stereocenters. The third-order valence-electron chi connectivity index (χ3n) is 6.63. The van der Waals surface area contributed by atoms with Gasteiger partial charge < -0.3 is 26.0 Å². The average molecular weight is 518 g/mol. The van der Waals surface area contributed by atoms with Gasteiger partial charge in [0.15, 0.2) is 0 Å². The summed E-state index contributed by atoms with van der Waals surface area (Å²) in [5, 5.41) is 17.5. The van der Waals surface area contributed by atoms with Crippen LogP contribution in [0.1, 0.15) is 48.0 Å². The number of hydrogen-bond donors (Lipinski definition) is 3. The van der Waals surface area contributed by atoms with Crippen LogP contribution in [0.3, 0.4) is 0 Å². The summed E-state index contributed by atoms with van der Waals surface area (Å²) >= 11 is 6.08. The van der Waals surface area contributed by atoms with Crippen LogP contribution >= 0.6 is 11.6 Å². The van der Waals surface area contributed by atoms with Crippen molar-refractivity contribution in [1.29, 1.82) is 0 Å². The number of unbranched alkanes of at least 4 members (excludes halogenated alkanes) is 2. The molecule has 0 atom stereocenters. The number of hydrogen-bond acceptors (Lipinski definition) is 7. The molecular formula is C26H36ClN5O4. The number of carbonyl (C=O) groups excluding carboxylic acids is 1. The Bertz CT molecular complexity index is 1010. The summed E-state index contributed by atoms with van der Waals surface area (Å²) in [5.41, 5.74) is 7.76. The van der Waals surface area contributed by atoms with Gasteiger partial charge in [0.1, 0.15) is 5.75 Å². The predicted molar refractivity (Wildman–Crippen MR) is 143 cm³/mol. The van der Waals surface area contributed by atoms with Crippen LogP contribution in [0.2, 0.25) is 5.02 Å². The summed E-state index contributed by atoms with van der Waals surface area (Å²) in [6.45, 7) is 5.50. The molecule has 1 amide bonds. The highest BCUT2D eigenvalue weighted by Crippen LogP contribution is 2.29. The van der Waals surface area contributed by atoms with Crippen LogP contribution < -0.4 is 21.1 Å². The number of ether oxygens (including phenoxy) is 1. The van der Waals surface area contributed by atoms with Gasteiger partial charge in [0.25, 0.3) is 11.6 Å². The minimum Gasteiger partial charge on any atom is -0.496 e. The molecule has 1 aliphatic heterocycles. The number of methoxy groups -OCH3 is 1. The molecule has 1 saturated heterocycles. The third-order valence-corrected chi connectivity index (χ3v) is 6.95. The lowest BCUT2D eigenvalue weighted by molar-refractivity contribution is -0.384. The zero-order valence-corrected chi connectivity index (χ0v) is 21.6. The van der Waals surface area contributed by atoms with Crippen LogP contribution in [0.25, 0.3) is 0 Å². The van der Waals surface area contributed by atoms with Crippen LogP contribution in [-0.4, -0.2) is 55.6 Å². The fourth-order valence-electron chi connectivity index (χ4n) is 4.39. The lowest BCUT2D eigenvalue weighted by Gasteiger charge is -2.32. The number of amides is 1. The van der Waals surface area contributed by atoms with Crippen molar-refractivity contribution in [2.45, 2.75) is 38.6 Å². The monoisotopic (exact) mass is 517 g/mol. The van der Waals surface area contributed by atoms with E-state index in [4.69, 9.17) is 22.1 Å². The Hall–Kier alpha value is -2.88. The molecule has 2 aromatic carbocycles. The van der Waals surface area contributed by atoms with Gasteiger partial charge >= 0.3 is 0 Å². The highest BCUT2D eigenvalue weighted by Gasteiger charge is 2.21. The number of nitrogen functional groups attached to an aromatic ring is 1. The molecule has 1 heterocycles. The van der Waals surface area contributed by atoms with Crippen molar-refractivity contribution in [2.24, 2.45) is 5.92 Å². The Morgan fingerprint density at radius 2 is 1.92 bits per heavy atom.